The molecule has 1 atom stereocenters. The van der Waals surface area contributed by atoms with Crippen LogP contribution in [0.2, 0.25) is 0 Å². The van der Waals surface area contributed by atoms with E-state index in [-0.39, 0.29) is 24.3 Å². The summed E-state index contributed by atoms with van der Waals surface area (Å²) in [4.78, 5) is 47.0. The van der Waals surface area contributed by atoms with Gasteiger partial charge in [0.1, 0.15) is 18.1 Å². The highest BCUT2D eigenvalue weighted by Crippen LogP contribution is 2.26. The average Bonchev–Trinajstić information content (AvgIpc) is 3.31. The fourth-order valence-corrected chi connectivity index (χ4v) is 3.40. The largest absolute Gasteiger partial charge is 0.342 e. The molecule has 3 heterocycles. The van der Waals surface area contributed by atoms with Crippen LogP contribution in [-0.4, -0.2) is 50.0 Å². The normalized spacial score (nSPS) is 16.6. The van der Waals surface area contributed by atoms with Crippen LogP contribution in [0.5, 0.6) is 0 Å². The number of carbonyl (C=O) groups is 3. The molecule has 2 N–H and O–H groups in total. The number of amides is 4. The molecule has 2 aromatic rings. The van der Waals surface area contributed by atoms with E-state index >= 15 is 0 Å². The van der Waals surface area contributed by atoms with Crippen LogP contribution in [0.3, 0.4) is 0 Å². The number of hydrogen-bond acceptors (Lipinski definition) is 7. The highest BCUT2D eigenvalue weighted by atomic mass is 16.5. The Labute approximate surface area is 174 Å². The lowest BCUT2D eigenvalue weighted by molar-refractivity contribution is -0.135. The Balaban J connectivity index is 1.72. The van der Waals surface area contributed by atoms with Gasteiger partial charge < -0.3 is 15.2 Å². The predicted octanol–water partition coefficient (Wildman–Crippen LogP) is 2.06. The second-order valence-electron chi connectivity index (χ2n) is 7.60. The molecule has 4 amide bonds. The summed E-state index contributed by atoms with van der Waals surface area (Å²) in [5.41, 5.74) is -0.254. The molecule has 0 spiro atoms. The number of hydrogen-bond donors (Lipinski definition) is 2. The van der Waals surface area contributed by atoms with Crippen molar-refractivity contribution in [3.05, 3.63) is 30.4 Å². The van der Waals surface area contributed by atoms with E-state index in [1.54, 1.807) is 24.5 Å². The zero-order valence-electron chi connectivity index (χ0n) is 17.5. The van der Waals surface area contributed by atoms with Crippen molar-refractivity contribution in [1.29, 1.82) is 0 Å². The van der Waals surface area contributed by atoms with E-state index in [4.69, 9.17) is 4.52 Å². The van der Waals surface area contributed by atoms with Gasteiger partial charge in [0.25, 0.3) is 5.91 Å². The van der Waals surface area contributed by atoms with E-state index in [2.05, 4.69) is 25.8 Å². The van der Waals surface area contributed by atoms with Crippen molar-refractivity contribution >= 4 is 17.8 Å². The maximum Gasteiger partial charge on any atom is 0.325 e. The van der Waals surface area contributed by atoms with E-state index in [0.717, 1.165) is 4.90 Å². The van der Waals surface area contributed by atoms with E-state index in [1.165, 1.54) is 0 Å². The molecule has 1 fully saturated rings. The van der Waals surface area contributed by atoms with Gasteiger partial charge in [0, 0.05) is 18.0 Å². The summed E-state index contributed by atoms with van der Waals surface area (Å²) in [5.74, 6) is -0.329. The molecule has 1 aliphatic rings. The summed E-state index contributed by atoms with van der Waals surface area (Å²) in [5, 5.41) is 9.48. The Kier molecular flexibility index (Phi) is 6.14. The van der Waals surface area contributed by atoms with Gasteiger partial charge in [0.15, 0.2) is 0 Å². The number of imide groups is 1. The SMILES string of the molecule is CCC1(CC)NC(=O)N(CC(=O)NC(c2nc(-c3cccnc3)no2)C(C)C)C1=O. The Morgan fingerprint density at radius 3 is 2.60 bits per heavy atom. The number of rotatable bonds is 8. The first-order chi connectivity index (χ1) is 14.3. The minimum Gasteiger partial charge on any atom is -0.342 e. The number of aromatic nitrogens is 3. The summed E-state index contributed by atoms with van der Waals surface area (Å²) >= 11 is 0. The Bertz CT molecular complexity index is 922. The monoisotopic (exact) mass is 414 g/mol. The molecule has 0 aromatic carbocycles. The van der Waals surface area contributed by atoms with E-state index in [1.807, 2.05) is 27.7 Å². The predicted molar refractivity (Wildman–Crippen MR) is 107 cm³/mol. The van der Waals surface area contributed by atoms with Gasteiger partial charge in [-0.2, -0.15) is 4.98 Å². The number of carbonyl (C=O) groups excluding carboxylic acids is 3. The molecule has 0 saturated carbocycles. The van der Waals surface area contributed by atoms with Gasteiger partial charge in [0.2, 0.25) is 17.6 Å². The summed E-state index contributed by atoms with van der Waals surface area (Å²) in [6.07, 6.45) is 4.17. The van der Waals surface area contributed by atoms with E-state index < -0.39 is 23.5 Å². The lowest BCUT2D eigenvalue weighted by Gasteiger charge is -2.23. The Hall–Kier alpha value is -3.30. The lowest BCUT2D eigenvalue weighted by Crippen LogP contribution is -2.47. The molecule has 10 heteroatoms. The van der Waals surface area contributed by atoms with Crippen LogP contribution in [0.15, 0.2) is 29.0 Å². The van der Waals surface area contributed by atoms with Crippen molar-refractivity contribution in [1.82, 2.24) is 30.7 Å². The van der Waals surface area contributed by atoms with Crippen molar-refractivity contribution in [3.8, 4) is 11.4 Å². The summed E-state index contributed by atoms with van der Waals surface area (Å²) in [6, 6.07) is 2.43. The molecule has 0 aliphatic carbocycles. The van der Waals surface area contributed by atoms with Crippen LogP contribution >= 0.6 is 0 Å². The maximum atomic E-state index is 12.7. The summed E-state index contributed by atoms with van der Waals surface area (Å²) in [6.45, 7) is 7.07. The molecule has 3 rings (SSSR count). The number of nitrogens with one attached hydrogen (secondary N) is 2. The van der Waals surface area contributed by atoms with Crippen LogP contribution in [0, 0.1) is 5.92 Å². The second-order valence-corrected chi connectivity index (χ2v) is 7.60. The van der Waals surface area contributed by atoms with Crippen molar-refractivity contribution in [2.75, 3.05) is 6.54 Å². The number of nitrogens with zero attached hydrogens (tertiary/aromatic N) is 4. The molecule has 30 heavy (non-hydrogen) atoms. The first-order valence-electron chi connectivity index (χ1n) is 9.98. The van der Waals surface area contributed by atoms with Gasteiger partial charge in [0.05, 0.1) is 0 Å². The Morgan fingerprint density at radius 1 is 1.30 bits per heavy atom. The van der Waals surface area contributed by atoms with Gasteiger partial charge in [-0.3, -0.25) is 19.5 Å². The van der Waals surface area contributed by atoms with Crippen LogP contribution in [0.25, 0.3) is 11.4 Å². The summed E-state index contributed by atoms with van der Waals surface area (Å²) in [7, 11) is 0. The second kappa shape index (κ2) is 8.60. The topological polar surface area (TPSA) is 130 Å². The zero-order valence-corrected chi connectivity index (χ0v) is 17.5. The third-order valence-electron chi connectivity index (χ3n) is 5.37. The van der Waals surface area contributed by atoms with Gasteiger partial charge in [-0.1, -0.05) is 32.9 Å². The fraction of sp³-hybridized carbons (Fsp3) is 0.500. The number of pyridine rings is 1. The summed E-state index contributed by atoms with van der Waals surface area (Å²) < 4.78 is 5.36. The standard InChI is InChI=1S/C20H26N6O4/c1-5-20(6-2)18(28)26(19(29)24-20)11-14(27)22-15(12(3)4)17-23-16(25-30-17)13-8-7-9-21-10-13/h7-10,12,15H,5-6,11H2,1-4H3,(H,22,27)(H,24,29). The number of urea groups is 1. The molecular formula is C20H26N6O4. The molecule has 0 bridgehead atoms. The smallest absolute Gasteiger partial charge is 0.325 e. The van der Waals surface area contributed by atoms with Crippen LogP contribution in [-0.2, 0) is 9.59 Å². The van der Waals surface area contributed by atoms with Crippen LogP contribution in [0.1, 0.15) is 52.5 Å². The first kappa shape index (κ1) is 21.4. The third kappa shape index (κ3) is 4.03. The highest BCUT2D eigenvalue weighted by Gasteiger charge is 2.49. The lowest BCUT2D eigenvalue weighted by atomic mass is 9.93. The third-order valence-corrected chi connectivity index (χ3v) is 5.37. The van der Waals surface area contributed by atoms with Crippen molar-refractivity contribution < 1.29 is 18.9 Å². The highest BCUT2D eigenvalue weighted by molar-refractivity contribution is 6.09. The molecule has 160 valence electrons. The van der Waals surface area contributed by atoms with Crippen molar-refractivity contribution in [2.24, 2.45) is 5.92 Å². The molecule has 1 saturated heterocycles. The minimum absolute atomic E-state index is 0.0652. The van der Waals surface area contributed by atoms with Crippen LogP contribution in [0.4, 0.5) is 4.79 Å². The molecular weight excluding hydrogens is 388 g/mol. The molecule has 0 radical (unpaired) electrons. The first-order valence-corrected chi connectivity index (χ1v) is 9.98. The molecule has 1 unspecified atom stereocenters. The minimum atomic E-state index is -0.945. The van der Waals surface area contributed by atoms with Crippen LogP contribution < -0.4 is 10.6 Å². The van der Waals surface area contributed by atoms with Gasteiger partial charge in [-0.15, -0.1) is 0 Å². The maximum absolute atomic E-state index is 12.7. The quantitative estimate of drug-likeness (QED) is 0.632. The van der Waals surface area contributed by atoms with Gasteiger partial charge in [-0.25, -0.2) is 4.79 Å². The molecule has 1 aliphatic heterocycles. The molecule has 2 aromatic heterocycles. The van der Waals surface area contributed by atoms with E-state index in [0.29, 0.717) is 24.2 Å². The van der Waals surface area contributed by atoms with Crippen molar-refractivity contribution in [2.45, 2.75) is 52.1 Å². The average molecular weight is 414 g/mol. The molecule has 10 nitrogen and oxygen atoms in total. The van der Waals surface area contributed by atoms with Crippen molar-refractivity contribution in [3.63, 3.8) is 0 Å². The zero-order chi connectivity index (χ0) is 21.9. The van der Waals surface area contributed by atoms with Gasteiger partial charge in [-0.05, 0) is 30.9 Å². The van der Waals surface area contributed by atoms with Gasteiger partial charge >= 0.3 is 6.03 Å². The fourth-order valence-electron chi connectivity index (χ4n) is 3.40. The van der Waals surface area contributed by atoms with E-state index in [9.17, 15) is 14.4 Å². The Morgan fingerprint density at radius 2 is 2.03 bits per heavy atom.